The summed E-state index contributed by atoms with van der Waals surface area (Å²) in [7, 11) is 0. The average Bonchev–Trinajstić information content (AvgIpc) is 3.14. The third kappa shape index (κ3) is 3.26. The molecule has 0 aromatic carbocycles. The Balaban J connectivity index is 1.54. The number of carbonyl (C=O) groups is 1. The highest BCUT2D eigenvalue weighted by molar-refractivity contribution is 5.76. The number of nitrogens with zero attached hydrogens (tertiary/aromatic N) is 1. The summed E-state index contributed by atoms with van der Waals surface area (Å²) in [4.78, 5) is 14.6. The SMILES string of the molecule is O=C(CCC1CCCC1)N1CC(CO)C2(CCNCC2)C1. The molecule has 120 valence electrons. The predicted octanol–water partition coefficient (Wildman–Crippen LogP) is 1.78. The van der Waals surface area contributed by atoms with Gasteiger partial charge in [-0.25, -0.2) is 0 Å². The van der Waals surface area contributed by atoms with Gasteiger partial charge in [0.25, 0.3) is 0 Å². The number of carbonyl (C=O) groups excluding carboxylic acids is 1. The van der Waals surface area contributed by atoms with Crippen molar-refractivity contribution >= 4 is 5.91 Å². The summed E-state index contributed by atoms with van der Waals surface area (Å²) in [6, 6.07) is 0. The van der Waals surface area contributed by atoms with Crippen molar-refractivity contribution in [3.63, 3.8) is 0 Å². The van der Waals surface area contributed by atoms with E-state index in [9.17, 15) is 9.90 Å². The van der Waals surface area contributed by atoms with Crippen LogP contribution in [0.2, 0.25) is 0 Å². The first-order valence-corrected chi connectivity index (χ1v) is 8.83. The van der Waals surface area contributed by atoms with Crippen LogP contribution in [0.3, 0.4) is 0 Å². The van der Waals surface area contributed by atoms with E-state index in [4.69, 9.17) is 0 Å². The lowest BCUT2D eigenvalue weighted by molar-refractivity contribution is -0.131. The summed E-state index contributed by atoms with van der Waals surface area (Å²) in [5.74, 6) is 1.41. The van der Waals surface area contributed by atoms with Crippen LogP contribution in [0.25, 0.3) is 0 Å². The van der Waals surface area contributed by atoms with Crippen LogP contribution in [-0.2, 0) is 4.79 Å². The van der Waals surface area contributed by atoms with Crippen LogP contribution in [0.15, 0.2) is 0 Å². The zero-order valence-electron chi connectivity index (χ0n) is 13.1. The second-order valence-electron chi connectivity index (χ2n) is 7.46. The van der Waals surface area contributed by atoms with Crippen LogP contribution in [0.5, 0.6) is 0 Å². The predicted molar refractivity (Wildman–Crippen MR) is 82.9 cm³/mol. The number of likely N-dealkylation sites (tertiary alicyclic amines) is 1. The zero-order valence-corrected chi connectivity index (χ0v) is 13.1. The first-order chi connectivity index (χ1) is 10.2. The van der Waals surface area contributed by atoms with Crippen molar-refractivity contribution in [1.29, 1.82) is 0 Å². The van der Waals surface area contributed by atoms with Gasteiger partial charge in [-0.05, 0) is 43.7 Å². The van der Waals surface area contributed by atoms with Gasteiger partial charge in [-0.15, -0.1) is 0 Å². The van der Waals surface area contributed by atoms with Crippen molar-refractivity contribution in [3.8, 4) is 0 Å². The fraction of sp³-hybridized carbons (Fsp3) is 0.941. The normalized spacial score (nSPS) is 29.4. The molecular formula is C17H30N2O2. The highest BCUT2D eigenvalue weighted by atomic mass is 16.3. The van der Waals surface area contributed by atoms with E-state index in [1.807, 2.05) is 0 Å². The molecule has 0 aromatic rings. The molecule has 21 heavy (non-hydrogen) atoms. The maximum absolute atomic E-state index is 12.5. The van der Waals surface area contributed by atoms with E-state index in [0.29, 0.717) is 5.91 Å². The quantitative estimate of drug-likeness (QED) is 0.831. The van der Waals surface area contributed by atoms with E-state index in [-0.39, 0.29) is 17.9 Å². The van der Waals surface area contributed by atoms with Crippen molar-refractivity contribution in [2.45, 2.75) is 51.4 Å². The van der Waals surface area contributed by atoms with Crippen LogP contribution in [-0.4, -0.2) is 48.7 Å². The van der Waals surface area contributed by atoms with E-state index >= 15 is 0 Å². The lowest BCUT2D eigenvalue weighted by atomic mass is 9.71. The summed E-state index contributed by atoms with van der Waals surface area (Å²) in [6.45, 7) is 3.94. The standard InChI is InChI=1S/C17H30N2O2/c20-12-15-11-19(13-17(15)7-9-18-10-8-17)16(21)6-5-14-3-1-2-4-14/h14-15,18,20H,1-13H2. The molecule has 0 aromatic heterocycles. The van der Waals surface area contributed by atoms with Crippen molar-refractivity contribution < 1.29 is 9.90 Å². The molecule has 4 heteroatoms. The van der Waals surface area contributed by atoms with Gasteiger partial charge >= 0.3 is 0 Å². The molecule has 3 fully saturated rings. The van der Waals surface area contributed by atoms with E-state index in [2.05, 4.69) is 10.2 Å². The van der Waals surface area contributed by atoms with Crippen LogP contribution >= 0.6 is 0 Å². The Kier molecular flexibility index (Phi) is 4.85. The highest BCUT2D eigenvalue weighted by Crippen LogP contribution is 2.43. The lowest BCUT2D eigenvalue weighted by Crippen LogP contribution is -2.43. The maximum atomic E-state index is 12.5. The Labute approximate surface area is 128 Å². The lowest BCUT2D eigenvalue weighted by Gasteiger charge is -2.37. The molecule has 2 saturated heterocycles. The molecule has 3 rings (SSSR count). The molecule has 1 amide bonds. The number of piperidine rings is 1. The van der Waals surface area contributed by atoms with Gasteiger partial charge in [0.2, 0.25) is 5.91 Å². The third-order valence-electron chi connectivity index (χ3n) is 6.23. The Morgan fingerprint density at radius 2 is 1.95 bits per heavy atom. The second kappa shape index (κ2) is 6.66. The first-order valence-electron chi connectivity index (χ1n) is 8.83. The van der Waals surface area contributed by atoms with Gasteiger partial charge in [0, 0.05) is 32.0 Å². The molecule has 1 saturated carbocycles. The molecule has 2 N–H and O–H groups in total. The first kappa shape index (κ1) is 15.3. The zero-order chi connectivity index (χ0) is 14.7. The molecule has 3 aliphatic rings. The third-order valence-corrected chi connectivity index (χ3v) is 6.23. The summed E-state index contributed by atoms with van der Waals surface area (Å²) in [6.07, 6.45) is 9.35. The maximum Gasteiger partial charge on any atom is 0.222 e. The molecule has 4 nitrogen and oxygen atoms in total. The molecule has 2 aliphatic heterocycles. The summed E-state index contributed by atoms with van der Waals surface area (Å²) in [5, 5.41) is 13.1. The summed E-state index contributed by atoms with van der Waals surface area (Å²) >= 11 is 0. The van der Waals surface area contributed by atoms with E-state index < -0.39 is 0 Å². The van der Waals surface area contributed by atoms with E-state index in [1.54, 1.807) is 0 Å². The smallest absolute Gasteiger partial charge is 0.222 e. The monoisotopic (exact) mass is 294 g/mol. The van der Waals surface area contributed by atoms with E-state index in [1.165, 1.54) is 25.7 Å². The second-order valence-corrected chi connectivity index (χ2v) is 7.46. The molecule has 0 bridgehead atoms. The van der Waals surface area contributed by atoms with Gasteiger partial charge in [-0.1, -0.05) is 25.7 Å². The summed E-state index contributed by atoms with van der Waals surface area (Å²) < 4.78 is 0. The number of amides is 1. The van der Waals surface area contributed by atoms with Crippen LogP contribution < -0.4 is 5.32 Å². The van der Waals surface area contributed by atoms with Crippen molar-refractivity contribution in [3.05, 3.63) is 0 Å². The number of rotatable bonds is 4. The topological polar surface area (TPSA) is 52.6 Å². The van der Waals surface area contributed by atoms with Gasteiger partial charge < -0.3 is 15.3 Å². The van der Waals surface area contributed by atoms with Crippen LogP contribution in [0.4, 0.5) is 0 Å². The number of hydrogen-bond donors (Lipinski definition) is 2. The van der Waals surface area contributed by atoms with Crippen molar-refractivity contribution in [2.75, 3.05) is 32.8 Å². The number of nitrogens with one attached hydrogen (secondary N) is 1. The average molecular weight is 294 g/mol. The van der Waals surface area contributed by atoms with Gasteiger partial charge in [0.1, 0.15) is 0 Å². The highest BCUT2D eigenvalue weighted by Gasteiger charge is 2.47. The van der Waals surface area contributed by atoms with Crippen LogP contribution in [0.1, 0.15) is 51.4 Å². The molecular weight excluding hydrogens is 264 g/mol. The van der Waals surface area contributed by atoms with Gasteiger partial charge in [0.15, 0.2) is 0 Å². The van der Waals surface area contributed by atoms with Gasteiger partial charge in [-0.3, -0.25) is 4.79 Å². The van der Waals surface area contributed by atoms with Crippen molar-refractivity contribution in [1.82, 2.24) is 10.2 Å². The molecule has 0 radical (unpaired) electrons. The Morgan fingerprint density at radius 3 is 2.62 bits per heavy atom. The number of aliphatic hydroxyl groups excluding tert-OH is 1. The summed E-state index contributed by atoms with van der Waals surface area (Å²) in [5.41, 5.74) is 0.184. The van der Waals surface area contributed by atoms with E-state index in [0.717, 1.165) is 57.8 Å². The van der Waals surface area contributed by atoms with Gasteiger partial charge in [0.05, 0.1) is 0 Å². The number of hydrogen-bond acceptors (Lipinski definition) is 3. The fourth-order valence-electron chi connectivity index (χ4n) is 4.75. The van der Waals surface area contributed by atoms with Crippen molar-refractivity contribution in [2.24, 2.45) is 17.3 Å². The number of aliphatic hydroxyl groups is 1. The Hall–Kier alpha value is -0.610. The molecule has 2 heterocycles. The minimum atomic E-state index is 0.184. The molecule has 1 spiro atoms. The van der Waals surface area contributed by atoms with Crippen LogP contribution in [0, 0.1) is 17.3 Å². The largest absolute Gasteiger partial charge is 0.396 e. The van der Waals surface area contributed by atoms with Gasteiger partial charge in [-0.2, -0.15) is 0 Å². The molecule has 1 aliphatic carbocycles. The minimum Gasteiger partial charge on any atom is -0.396 e. The fourth-order valence-corrected chi connectivity index (χ4v) is 4.75. The minimum absolute atomic E-state index is 0.184. The molecule has 1 unspecified atom stereocenters. The molecule has 1 atom stereocenters. The Bertz CT molecular complexity index is 360. The Morgan fingerprint density at radius 1 is 1.24 bits per heavy atom.